The number of carbonyl (C=O) groups is 2. The third kappa shape index (κ3) is 7.15. The Morgan fingerprint density at radius 1 is 1.16 bits per heavy atom. The minimum atomic E-state index is -0.438. The average molecular weight is 269 g/mol. The van der Waals surface area contributed by atoms with E-state index in [2.05, 4.69) is 10.6 Å². The largest absolute Gasteiger partial charge is 0.370 e. The van der Waals surface area contributed by atoms with Crippen LogP contribution in [-0.2, 0) is 9.59 Å². The van der Waals surface area contributed by atoms with E-state index in [1.54, 1.807) is 0 Å². The van der Waals surface area contributed by atoms with Gasteiger partial charge in [0.25, 0.3) is 0 Å². The van der Waals surface area contributed by atoms with E-state index < -0.39 is 5.54 Å². The highest BCUT2D eigenvalue weighted by Crippen LogP contribution is 2.17. The summed E-state index contributed by atoms with van der Waals surface area (Å²) in [6, 6.07) is 0.316. The Hall–Kier alpha value is -1.10. The fraction of sp³-hybridized carbons (Fsp3) is 0.857. The van der Waals surface area contributed by atoms with Crippen LogP contribution in [0.2, 0.25) is 0 Å². The first-order valence-electron chi connectivity index (χ1n) is 7.22. The van der Waals surface area contributed by atoms with Crippen molar-refractivity contribution >= 4 is 11.8 Å². The van der Waals surface area contributed by atoms with Gasteiger partial charge in [0, 0.05) is 18.0 Å². The molecule has 0 bridgehead atoms. The van der Waals surface area contributed by atoms with Crippen molar-refractivity contribution in [2.75, 3.05) is 6.54 Å². The van der Waals surface area contributed by atoms with Gasteiger partial charge in [-0.05, 0) is 26.7 Å². The van der Waals surface area contributed by atoms with Crippen LogP contribution < -0.4 is 16.4 Å². The Kier molecular flexibility index (Phi) is 6.28. The molecule has 5 heteroatoms. The molecule has 1 aliphatic rings. The maximum Gasteiger partial charge on any atom is 0.234 e. The number of nitrogens with one attached hydrogen (secondary N) is 2. The van der Waals surface area contributed by atoms with Crippen LogP contribution in [0.15, 0.2) is 0 Å². The SMILES string of the molecule is CC(C)(CC(N)=O)NCC(=O)NC1CCCCCC1. The van der Waals surface area contributed by atoms with Gasteiger partial charge in [-0.15, -0.1) is 0 Å². The smallest absolute Gasteiger partial charge is 0.234 e. The molecule has 0 aliphatic heterocycles. The first-order valence-corrected chi connectivity index (χ1v) is 7.22. The van der Waals surface area contributed by atoms with E-state index in [1.807, 2.05) is 13.8 Å². The molecule has 1 fully saturated rings. The summed E-state index contributed by atoms with van der Waals surface area (Å²) < 4.78 is 0. The Balaban J connectivity index is 2.28. The second-order valence-corrected chi connectivity index (χ2v) is 6.14. The molecular formula is C14H27N3O2. The zero-order valence-electron chi connectivity index (χ0n) is 12.1. The number of carbonyl (C=O) groups excluding carboxylic acids is 2. The molecular weight excluding hydrogens is 242 g/mol. The Morgan fingerprint density at radius 2 is 1.74 bits per heavy atom. The molecule has 110 valence electrons. The van der Waals surface area contributed by atoms with Crippen LogP contribution in [0.25, 0.3) is 0 Å². The fourth-order valence-electron chi connectivity index (χ4n) is 2.52. The molecule has 1 aliphatic carbocycles. The summed E-state index contributed by atoms with van der Waals surface area (Å²) in [7, 11) is 0. The predicted molar refractivity (Wildman–Crippen MR) is 75.5 cm³/mol. The molecule has 1 saturated carbocycles. The van der Waals surface area contributed by atoms with E-state index >= 15 is 0 Å². The lowest BCUT2D eigenvalue weighted by Crippen LogP contribution is -2.48. The Bertz CT molecular complexity index is 308. The number of hydrogen-bond acceptors (Lipinski definition) is 3. The first kappa shape index (κ1) is 16.0. The molecule has 0 aromatic carbocycles. The average Bonchev–Trinajstić information content (AvgIpc) is 2.53. The third-order valence-corrected chi connectivity index (χ3v) is 3.56. The van der Waals surface area contributed by atoms with Crippen molar-refractivity contribution in [1.82, 2.24) is 10.6 Å². The second-order valence-electron chi connectivity index (χ2n) is 6.14. The topological polar surface area (TPSA) is 84.2 Å². The highest BCUT2D eigenvalue weighted by molar-refractivity contribution is 5.79. The lowest BCUT2D eigenvalue weighted by Gasteiger charge is -2.25. The molecule has 0 heterocycles. The summed E-state index contributed by atoms with van der Waals surface area (Å²) in [6.45, 7) is 3.98. The Morgan fingerprint density at radius 3 is 2.26 bits per heavy atom. The molecule has 0 atom stereocenters. The zero-order valence-corrected chi connectivity index (χ0v) is 12.1. The third-order valence-electron chi connectivity index (χ3n) is 3.56. The van der Waals surface area contributed by atoms with Gasteiger partial charge in [0.05, 0.1) is 6.54 Å². The van der Waals surface area contributed by atoms with Crippen molar-refractivity contribution in [1.29, 1.82) is 0 Å². The van der Waals surface area contributed by atoms with E-state index in [-0.39, 0.29) is 24.8 Å². The molecule has 2 amide bonds. The molecule has 0 unspecified atom stereocenters. The van der Waals surface area contributed by atoms with E-state index in [0.717, 1.165) is 12.8 Å². The van der Waals surface area contributed by atoms with Crippen LogP contribution >= 0.6 is 0 Å². The molecule has 4 N–H and O–H groups in total. The summed E-state index contributed by atoms with van der Waals surface area (Å²) >= 11 is 0. The summed E-state index contributed by atoms with van der Waals surface area (Å²) in [5.41, 5.74) is 4.73. The lowest BCUT2D eigenvalue weighted by atomic mass is 10.0. The van der Waals surface area contributed by atoms with Crippen LogP contribution in [-0.4, -0.2) is 29.9 Å². The molecule has 0 spiro atoms. The molecule has 0 radical (unpaired) electrons. The van der Waals surface area contributed by atoms with Crippen molar-refractivity contribution in [2.24, 2.45) is 5.73 Å². The van der Waals surface area contributed by atoms with Gasteiger partial charge in [0.15, 0.2) is 0 Å². The van der Waals surface area contributed by atoms with E-state index in [9.17, 15) is 9.59 Å². The van der Waals surface area contributed by atoms with Crippen molar-refractivity contribution in [3.63, 3.8) is 0 Å². The maximum absolute atomic E-state index is 11.9. The normalized spacial score (nSPS) is 17.8. The van der Waals surface area contributed by atoms with Crippen molar-refractivity contribution in [3.05, 3.63) is 0 Å². The van der Waals surface area contributed by atoms with Crippen LogP contribution in [0.1, 0.15) is 58.8 Å². The van der Waals surface area contributed by atoms with Crippen molar-refractivity contribution < 1.29 is 9.59 Å². The quantitative estimate of drug-likeness (QED) is 0.631. The molecule has 5 nitrogen and oxygen atoms in total. The standard InChI is InChI=1S/C14H27N3O2/c1-14(2,9-12(15)18)16-10-13(19)17-11-7-5-3-4-6-8-11/h11,16H,3-10H2,1-2H3,(H2,15,18)(H,17,19). The van der Waals surface area contributed by atoms with Crippen molar-refractivity contribution in [3.8, 4) is 0 Å². The molecule has 0 aromatic rings. The molecule has 19 heavy (non-hydrogen) atoms. The van der Waals surface area contributed by atoms with Crippen LogP contribution in [0.3, 0.4) is 0 Å². The molecule has 0 saturated heterocycles. The van der Waals surface area contributed by atoms with Crippen LogP contribution in [0.5, 0.6) is 0 Å². The van der Waals surface area contributed by atoms with Gasteiger partial charge in [-0.3, -0.25) is 9.59 Å². The van der Waals surface area contributed by atoms with E-state index in [0.29, 0.717) is 6.04 Å². The molecule has 1 rings (SSSR count). The highest BCUT2D eigenvalue weighted by atomic mass is 16.2. The van der Waals surface area contributed by atoms with Crippen LogP contribution in [0, 0.1) is 0 Å². The van der Waals surface area contributed by atoms with Gasteiger partial charge in [-0.25, -0.2) is 0 Å². The fourth-order valence-corrected chi connectivity index (χ4v) is 2.52. The Labute approximate surface area is 115 Å². The number of amides is 2. The monoisotopic (exact) mass is 269 g/mol. The summed E-state index contributed by atoms with van der Waals surface area (Å²) in [6.07, 6.45) is 7.33. The van der Waals surface area contributed by atoms with Crippen molar-refractivity contribution in [2.45, 2.75) is 70.4 Å². The van der Waals surface area contributed by atoms with Gasteiger partial charge in [0.2, 0.25) is 11.8 Å². The lowest BCUT2D eigenvalue weighted by molar-refractivity contribution is -0.122. The van der Waals surface area contributed by atoms with Crippen LogP contribution in [0.4, 0.5) is 0 Å². The number of hydrogen-bond donors (Lipinski definition) is 3. The minimum Gasteiger partial charge on any atom is -0.370 e. The van der Waals surface area contributed by atoms with Gasteiger partial charge in [-0.2, -0.15) is 0 Å². The predicted octanol–water partition coefficient (Wildman–Crippen LogP) is 1.07. The molecule has 0 aromatic heterocycles. The van der Waals surface area contributed by atoms with E-state index in [4.69, 9.17) is 5.73 Å². The first-order chi connectivity index (χ1) is 8.89. The number of rotatable bonds is 6. The van der Waals surface area contributed by atoms with Gasteiger partial charge in [-0.1, -0.05) is 25.7 Å². The minimum absolute atomic E-state index is 0.00412. The van der Waals surface area contributed by atoms with Gasteiger partial charge < -0.3 is 16.4 Å². The summed E-state index contributed by atoms with van der Waals surface area (Å²) in [4.78, 5) is 22.8. The number of primary amides is 1. The summed E-state index contributed by atoms with van der Waals surface area (Å²) in [5, 5.41) is 6.15. The second kappa shape index (κ2) is 7.48. The van der Waals surface area contributed by atoms with E-state index in [1.165, 1.54) is 25.7 Å². The summed E-state index contributed by atoms with van der Waals surface area (Å²) in [5.74, 6) is -0.355. The maximum atomic E-state index is 11.9. The number of nitrogens with two attached hydrogens (primary N) is 1. The highest BCUT2D eigenvalue weighted by Gasteiger charge is 2.21. The zero-order chi connectivity index (χ0) is 14.3. The van der Waals surface area contributed by atoms with Gasteiger partial charge in [0.1, 0.15) is 0 Å². The van der Waals surface area contributed by atoms with Gasteiger partial charge >= 0.3 is 0 Å².